The number of hydrogen-bond acceptors (Lipinski definition) is 4. The largest absolute Gasteiger partial charge is 0.308 e. The van der Waals surface area contributed by atoms with Gasteiger partial charge in [0.15, 0.2) is 11.6 Å². The fourth-order valence-corrected chi connectivity index (χ4v) is 2.86. The van der Waals surface area contributed by atoms with Gasteiger partial charge in [-0.1, -0.05) is 24.1 Å². The molecule has 1 aliphatic carbocycles. The van der Waals surface area contributed by atoms with Gasteiger partial charge in [-0.25, -0.2) is 20.2 Å². The Morgan fingerprint density at radius 1 is 1.14 bits per heavy atom. The highest BCUT2D eigenvalue weighted by atomic mass is 35.5. The second-order valence-corrected chi connectivity index (χ2v) is 5.53. The lowest BCUT2D eigenvalue weighted by Crippen LogP contribution is -2.14. The van der Waals surface area contributed by atoms with E-state index in [0.717, 1.165) is 43.4 Å². The Balaban J connectivity index is 2.16. The maximum atomic E-state index is 14.2. The summed E-state index contributed by atoms with van der Waals surface area (Å²) >= 11 is 5.84. The zero-order valence-electron chi connectivity index (χ0n) is 11.5. The van der Waals surface area contributed by atoms with E-state index >= 15 is 0 Å². The van der Waals surface area contributed by atoms with E-state index in [1.54, 1.807) is 12.1 Å². The molecule has 0 unspecified atom stereocenters. The number of nitrogen functional groups attached to an aromatic ring is 1. The third kappa shape index (κ3) is 2.71. The van der Waals surface area contributed by atoms with Gasteiger partial charge in [0.2, 0.25) is 0 Å². The molecule has 6 heteroatoms. The first-order valence-electron chi connectivity index (χ1n) is 7.01. The lowest BCUT2D eigenvalue weighted by atomic mass is 10.1. The summed E-state index contributed by atoms with van der Waals surface area (Å²) in [7, 11) is 0. The van der Waals surface area contributed by atoms with E-state index in [4.69, 9.17) is 17.4 Å². The summed E-state index contributed by atoms with van der Waals surface area (Å²) < 4.78 is 14.2. The Kier molecular flexibility index (Phi) is 4.03. The van der Waals surface area contributed by atoms with Crippen molar-refractivity contribution in [2.45, 2.75) is 32.1 Å². The van der Waals surface area contributed by atoms with Gasteiger partial charge in [0, 0.05) is 11.3 Å². The van der Waals surface area contributed by atoms with Crippen LogP contribution in [0.3, 0.4) is 0 Å². The lowest BCUT2D eigenvalue weighted by Gasteiger charge is -2.13. The van der Waals surface area contributed by atoms with Gasteiger partial charge in [-0.15, -0.1) is 0 Å². The van der Waals surface area contributed by atoms with Crippen LogP contribution in [0.4, 0.5) is 10.2 Å². The molecule has 2 aromatic rings. The molecule has 110 valence electrons. The zero-order chi connectivity index (χ0) is 14.8. The van der Waals surface area contributed by atoms with Crippen LogP contribution in [0.1, 0.15) is 30.5 Å². The molecule has 1 aliphatic rings. The molecule has 1 aromatic heterocycles. The Bertz CT molecular complexity index is 675. The minimum absolute atomic E-state index is 0.0632. The lowest BCUT2D eigenvalue weighted by molar-refractivity contribution is 0.630. The SMILES string of the molecule is NNc1nc(-c2cccc(Cl)c2F)nc2c1CCCCC2. The second kappa shape index (κ2) is 5.95. The van der Waals surface area contributed by atoms with Gasteiger partial charge in [-0.2, -0.15) is 0 Å². The van der Waals surface area contributed by atoms with Crippen molar-refractivity contribution in [3.8, 4) is 11.4 Å². The third-order valence-electron chi connectivity index (χ3n) is 3.76. The number of nitrogens with two attached hydrogens (primary N) is 1. The molecule has 0 aliphatic heterocycles. The van der Waals surface area contributed by atoms with Gasteiger partial charge >= 0.3 is 0 Å². The summed E-state index contributed by atoms with van der Waals surface area (Å²) in [5.41, 5.74) is 4.91. The molecule has 0 fully saturated rings. The Morgan fingerprint density at radius 3 is 2.76 bits per heavy atom. The van der Waals surface area contributed by atoms with Gasteiger partial charge in [0.05, 0.1) is 10.6 Å². The number of fused-ring (bicyclic) bond motifs is 1. The number of nitrogens with one attached hydrogen (secondary N) is 1. The third-order valence-corrected chi connectivity index (χ3v) is 4.05. The second-order valence-electron chi connectivity index (χ2n) is 5.13. The molecule has 0 saturated carbocycles. The van der Waals surface area contributed by atoms with Gasteiger partial charge in [-0.05, 0) is 37.8 Å². The molecular weight excluding hydrogens is 291 g/mol. The molecule has 0 saturated heterocycles. The summed E-state index contributed by atoms with van der Waals surface area (Å²) in [4.78, 5) is 8.92. The normalized spacial score (nSPS) is 14.4. The number of halogens is 2. The van der Waals surface area contributed by atoms with Crippen LogP contribution >= 0.6 is 11.6 Å². The monoisotopic (exact) mass is 306 g/mol. The number of aryl methyl sites for hydroxylation is 1. The van der Waals surface area contributed by atoms with E-state index in [2.05, 4.69) is 15.4 Å². The van der Waals surface area contributed by atoms with E-state index in [9.17, 15) is 4.39 Å². The maximum Gasteiger partial charge on any atom is 0.164 e. The van der Waals surface area contributed by atoms with Crippen molar-refractivity contribution in [1.29, 1.82) is 0 Å². The fourth-order valence-electron chi connectivity index (χ4n) is 2.69. The number of rotatable bonds is 2. The Labute approximate surface area is 127 Å². The van der Waals surface area contributed by atoms with Crippen molar-refractivity contribution in [2.75, 3.05) is 5.43 Å². The van der Waals surface area contributed by atoms with Crippen LogP contribution in [0.25, 0.3) is 11.4 Å². The standard InChI is InChI=1S/C15H16ClFN4/c16-11-7-4-6-10(13(11)17)14-19-12-8-3-1-2-5-9(12)15(20-14)21-18/h4,6-7H,1-3,5,8,18H2,(H,19,20,21). The van der Waals surface area contributed by atoms with Gasteiger partial charge in [0.1, 0.15) is 5.82 Å². The van der Waals surface area contributed by atoms with E-state index < -0.39 is 5.82 Å². The van der Waals surface area contributed by atoms with Gasteiger partial charge in [0.25, 0.3) is 0 Å². The first-order valence-corrected chi connectivity index (χ1v) is 7.39. The van der Waals surface area contributed by atoms with Crippen LogP contribution in [0.15, 0.2) is 18.2 Å². The zero-order valence-corrected chi connectivity index (χ0v) is 12.3. The highest BCUT2D eigenvalue weighted by molar-refractivity contribution is 6.31. The molecule has 0 radical (unpaired) electrons. The van der Waals surface area contributed by atoms with Crippen molar-refractivity contribution >= 4 is 17.4 Å². The average Bonchev–Trinajstić information content (AvgIpc) is 2.74. The molecule has 4 nitrogen and oxygen atoms in total. The van der Waals surface area contributed by atoms with Crippen LogP contribution in [-0.2, 0) is 12.8 Å². The van der Waals surface area contributed by atoms with E-state index in [-0.39, 0.29) is 5.02 Å². The van der Waals surface area contributed by atoms with Crippen LogP contribution in [0.2, 0.25) is 5.02 Å². The Hall–Kier alpha value is -1.72. The van der Waals surface area contributed by atoms with Crippen molar-refractivity contribution in [1.82, 2.24) is 9.97 Å². The van der Waals surface area contributed by atoms with Gasteiger partial charge < -0.3 is 5.43 Å². The number of anilines is 1. The summed E-state index contributed by atoms with van der Waals surface area (Å²) in [5.74, 6) is 5.98. The average molecular weight is 307 g/mol. The van der Waals surface area contributed by atoms with Crippen LogP contribution in [-0.4, -0.2) is 9.97 Å². The number of hydrazine groups is 1. The Morgan fingerprint density at radius 2 is 1.95 bits per heavy atom. The number of nitrogens with zero attached hydrogens (tertiary/aromatic N) is 2. The van der Waals surface area contributed by atoms with Crippen LogP contribution in [0, 0.1) is 5.82 Å². The van der Waals surface area contributed by atoms with Gasteiger partial charge in [-0.3, -0.25) is 0 Å². The predicted molar refractivity (Wildman–Crippen MR) is 81.5 cm³/mol. The predicted octanol–water partition coefficient (Wildman–Crippen LogP) is 3.49. The highest BCUT2D eigenvalue weighted by Gasteiger charge is 2.19. The number of aromatic nitrogens is 2. The van der Waals surface area contributed by atoms with E-state index in [1.165, 1.54) is 6.07 Å². The van der Waals surface area contributed by atoms with Crippen molar-refractivity contribution in [3.05, 3.63) is 40.3 Å². The van der Waals surface area contributed by atoms with E-state index in [1.807, 2.05) is 0 Å². The molecule has 21 heavy (non-hydrogen) atoms. The summed E-state index contributed by atoms with van der Waals surface area (Å²) in [6, 6.07) is 4.82. The van der Waals surface area contributed by atoms with Crippen LogP contribution in [0.5, 0.6) is 0 Å². The van der Waals surface area contributed by atoms with Crippen molar-refractivity contribution in [2.24, 2.45) is 5.84 Å². The van der Waals surface area contributed by atoms with Crippen LogP contribution < -0.4 is 11.3 Å². The first-order chi connectivity index (χ1) is 10.2. The minimum atomic E-state index is -0.504. The smallest absolute Gasteiger partial charge is 0.164 e. The molecule has 3 rings (SSSR count). The summed E-state index contributed by atoms with van der Waals surface area (Å²) in [6.07, 6.45) is 5.08. The summed E-state index contributed by atoms with van der Waals surface area (Å²) in [6.45, 7) is 0. The highest BCUT2D eigenvalue weighted by Crippen LogP contribution is 2.30. The molecule has 1 aromatic carbocycles. The van der Waals surface area contributed by atoms with Crippen molar-refractivity contribution < 1.29 is 4.39 Å². The number of benzene rings is 1. The molecule has 3 N–H and O–H groups in total. The molecule has 1 heterocycles. The molecule has 0 bridgehead atoms. The molecule has 0 atom stereocenters. The quantitative estimate of drug-likeness (QED) is 0.506. The first kappa shape index (κ1) is 14.2. The van der Waals surface area contributed by atoms with E-state index in [0.29, 0.717) is 17.2 Å². The van der Waals surface area contributed by atoms with Crippen molar-refractivity contribution in [3.63, 3.8) is 0 Å². The molecule has 0 amide bonds. The maximum absolute atomic E-state index is 14.2. The number of hydrogen-bond donors (Lipinski definition) is 2. The molecule has 0 spiro atoms. The topological polar surface area (TPSA) is 63.8 Å². The minimum Gasteiger partial charge on any atom is -0.308 e. The summed E-state index contributed by atoms with van der Waals surface area (Å²) in [5, 5.41) is 0.0632. The molecular formula is C15H16ClFN4. The fraction of sp³-hybridized carbons (Fsp3) is 0.333.